The summed E-state index contributed by atoms with van der Waals surface area (Å²) in [6.07, 6.45) is 0. The van der Waals surface area contributed by atoms with Crippen molar-refractivity contribution in [1.82, 2.24) is 4.98 Å². The number of hydrogen-bond acceptors (Lipinski definition) is 2. The van der Waals surface area contributed by atoms with Crippen LogP contribution in [0.3, 0.4) is 0 Å². The van der Waals surface area contributed by atoms with Crippen LogP contribution in [-0.2, 0) is 32.7 Å². The number of H-pyrrole nitrogens is 1. The first-order chi connectivity index (χ1) is 7.79. The molecule has 3 nitrogen and oxygen atoms in total. The van der Waals surface area contributed by atoms with Gasteiger partial charge in [-0.15, -0.1) is 11.6 Å². The van der Waals surface area contributed by atoms with Gasteiger partial charge in [-0.2, -0.15) is 6.07 Å². The van der Waals surface area contributed by atoms with Gasteiger partial charge >= 0.3 is 0 Å². The predicted molar refractivity (Wildman–Crippen MR) is 65.6 cm³/mol. The summed E-state index contributed by atoms with van der Waals surface area (Å²) in [7, 11) is 1.76. The Morgan fingerprint density at radius 2 is 1.94 bits per heavy atom. The number of benzene rings is 1. The summed E-state index contributed by atoms with van der Waals surface area (Å²) < 4.78 is 0. The SMILES string of the molecule is CN=c1[nH]c(Nc2ccccc2)c[c-]c1C.[Y]. The normalized spacial score (nSPS) is 10.8. The molecule has 1 aromatic heterocycles. The number of rotatable bonds is 2. The number of nitrogens with zero attached hydrogens (tertiary/aromatic N) is 1. The van der Waals surface area contributed by atoms with Gasteiger partial charge in [0.05, 0.1) is 0 Å². The van der Waals surface area contributed by atoms with E-state index in [0.717, 1.165) is 22.6 Å². The van der Waals surface area contributed by atoms with Gasteiger partial charge in [-0.3, -0.25) is 0 Å². The molecule has 0 spiro atoms. The van der Waals surface area contributed by atoms with Gasteiger partial charge in [0.25, 0.3) is 0 Å². The third-order valence-electron chi connectivity index (χ3n) is 2.32. The van der Waals surface area contributed by atoms with E-state index >= 15 is 0 Å². The second-order valence-corrected chi connectivity index (χ2v) is 3.52. The quantitative estimate of drug-likeness (QED) is 0.822. The Morgan fingerprint density at radius 3 is 2.59 bits per heavy atom. The smallest absolute Gasteiger partial charge is 0.0285 e. The molecule has 0 unspecified atom stereocenters. The Morgan fingerprint density at radius 1 is 1.24 bits per heavy atom. The van der Waals surface area contributed by atoms with E-state index in [2.05, 4.69) is 21.4 Å². The van der Waals surface area contributed by atoms with Gasteiger partial charge < -0.3 is 15.3 Å². The fourth-order valence-corrected chi connectivity index (χ4v) is 1.47. The number of anilines is 2. The Bertz CT molecular complexity index is 532. The van der Waals surface area contributed by atoms with Crippen molar-refractivity contribution in [3.8, 4) is 0 Å². The molecule has 17 heavy (non-hydrogen) atoms. The van der Waals surface area contributed by atoms with Crippen LogP contribution in [0, 0.1) is 13.0 Å². The first-order valence-electron chi connectivity index (χ1n) is 5.16. The van der Waals surface area contributed by atoms with Crippen LogP contribution in [0.4, 0.5) is 11.5 Å². The number of hydrogen-bond donors (Lipinski definition) is 2. The molecule has 0 aliphatic rings. The number of para-hydroxylation sites is 1. The fourth-order valence-electron chi connectivity index (χ4n) is 1.47. The van der Waals surface area contributed by atoms with E-state index in [1.165, 1.54) is 0 Å². The molecular weight excluding hydrogens is 287 g/mol. The Labute approximate surface area is 126 Å². The van der Waals surface area contributed by atoms with Crippen LogP contribution in [0.1, 0.15) is 5.56 Å². The van der Waals surface area contributed by atoms with Crippen molar-refractivity contribution < 1.29 is 32.7 Å². The summed E-state index contributed by atoms with van der Waals surface area (Å²) in [4.78, 5) is 7.35. The number of pyridine rings is 1. The summed E-state index contributed by atoms with van der Waals surface area (Å²) in [5.41, 5.74) is 2.90. The third-order valence-corrected chi connectivity index (χ3v) is 2.32. The van der Waals surface area contributed by atoms with E-state index in [1.807, 2.05) is 43.3 Å². The zero-order valence-corrected chi connectivity index (χ0v) is 12.8. The van der Waals surface area contributed by atoms with Crippen LogP contribution in [-0.4, -0.2) is 12.0 Å². The molecular formula is C13H14N3Y-. The van der Waals surface area contributed by atoms with Gasteiger partial charge in [0.15, 0.2) is 0 Å². The van der Waals surface area contributed by atoms with E-state index in [0.29, 0.717) is 0 Å². The van der Waals surface area contributed by atoms with Crippen molar-refractivity contribution in [3.05, 3.63) is 53.5 Å². The number of aryl methyl sites for hydroxylation is 1. The van der Waals surface area contributed by atoms with E-state index in [9.17, 15) is 0 Å². The van der Waals surface area contributed by atoms with Crippen LogP contribution in [0.25, 0.3) is 0 Å². The van der Waals surface area contributed by atoms with Gasteiger partial charge in [0.1, 0.15) is 0 Å². The molecule has 0 aliphatic carbocycles. The van der Waals surface area contributed by atoms with Crippen molar-refractivity contribution in [2.45, 2.75) is 6.92 Å². The van der Waals surface area contributed by atoms with Crippen LogP contribution in [0.2, 0.25) is 0 Å². The maximum absolute atomic E-state index is 4.15. The minimum Gasteiger partial charge on any atom is -0.432 e. The minimum atomic E-state index is 0. The van der Waals surface area contributed by atoms with Crippen LogP contribution < -0.4 is 10.8 Å². The fraction of sp³-hybridized carbons (Fsp3) is 0.154. The minimum absolute atomic E-state index is 0. The molecule has 0 amide bonds. The Hall–Kier alpha value is -0.926. The molecule has 2 rings (SSSR count). The first kappa shape index (κ1) is 14.1. The predicted octanol–water partition coefficient (Wildman–Crippen LogP) is 2.39. The molecule has 4 heteroatoms. The summed E-state index contributed by atoms with van der Waals surface area (Å²) in [5.74, 6) is 0.886. The number of aromatic amines is 1. The van der Waals surface area contributed by atoms with Crippen LogP contribution in [0.15, 0.2) is 41.4 Å². The molecule has 0 fully saturated rings. The topological polar surface area (TPSA) is 40.2 Å². The van der Waals surface area contributed by atoms with Crippen molar-refractivity contribution in [2.75, 3.05) is 12.4 Å². The maximum Gasteiger partial charge on any atom is 0.0285 e. The van der Waals surface area contributed by atoms with Crippen molar-refractivity contribution >= 4 is 11.5 Å². The van der Waals surface area contributed by atoms with Gasteiger partial charge in [0, 0.05) is 50.9 Å². The van der Waals surface area contributed by atoms with E-state index in [4.69, 9.17) is 0 Å². The third kappa shape index (κ3) is 3.79. The first-order valence-corrected chi connectivity index (χ1v) is 5.16. The average molecular weight is 301 g/mol. The van der Waals surface area contributed by atoms with Gasteiger partial charge in [-0.25, -0.2) is 0 Å². The summed E-state index contributed by atoms with van der Waals surface area (Å²) in [6, 6.07) is 15.0. The zero-order valence-electron chi connectivity index (χ0n) is 9.99. The molecule has 0 atom stereocenters. The zero-order chi connectivity index (χ0) is 11.4. The second kappa shape index (κ2) is 6.72. The molecule has 0 saturated heterocycles. The van der Waals surface area contributed by atoms with E-state index in [-0.39, 0.29) is 32.7 Å². The summed E-state index contributed by atoms with van der Waals surface area (Å²) in [5, 5.41) is 3.26. The molecule has 1 heterocycles. The monoisotopic (exact) mass is 301 g/mol. The van der Waals surface area contributed by atoms with Crippen molar-refractivity contribution in [1.29, 1.82) is 0 Å². The average Bonchev–Trinajstić information content (AvgIpc) is 2.33. The van der Waals surface area contributed by atoms with Gasteiger partial charge in [-0.05, 0) is 18.0 Å². The van der Waals surface area contributed by atoms with Crippen LogP contribution >= 0.6 is 0 Å². The Balaban J connectivity index is 0.00000144. The Kier molecular flexibility index (Phi) is 5.59. The van der Waals surface area contributed by atoms with E-state index in [1.54, 1.807) is 7.05 Å². The van der Waals surface area contributed by atoms with E-state index < -0.39 is 0 Å². The molecule has 1 radical (unpaired) electrons. The largest absolute Gasteiger partial charge is 0.432 e. The number of nitrogens with one attached hydrogen (secondary N) is 2. The molecule has 1 aromatic carbocycles. The van der Waals surface area contributed by atoms with Crippen molar-refractivity contribution in [2.24, 2.45) is 4.99 Å². The maximum atomic E-state index is 4.15. The van der Waals surface area contributed by atoms with Gasteiger partial charge in [-0.1, -0.05) is 25.1 Å². The molecule has 85 valence electrons. The molecule has 2 aromatic rings. The standard InChI is InChI=1S/C13H14N3.Y/c1-10-8-9-12(16-13(10)14-2)15-11-6-4-3-5-7-11;/h3-7,9H,1-2H3,(H2,14,15,16);/q-1;. The molecule has 2 N–H and O–H groups in total. The molecule has 0 bridgehead atoms. The summed E-state index contributed by atoms with van der Waals surface area (Å²) in [6.45, 7) is 1.98. The van der Waals surface area contributed by atoms with Crippen molar-refractivity contribution in [3.63, 3.8) is 0 Å². The second-order valence-electron chi connectivity index (χ2n) is 3.52. The summed E-state index contributed by atoms with van der Waals surface area (Å²) >= 11 is 0. The van der Waals surface area contributed by atoms with Gasteiger partial charge in [0.2, 0.25) is 0 Å². The molecule has 0 saturated carbocycles. The molecule has 0 aliphatic heterocycles. The number of aromatic nitrogens is 1. The van der Waals surface area contributed by atoms with Crippen LogP contribution in [0.5, 0.6) is 0 Å².